The highest BCUT2D eigenvalue weighted by Gasteiger charge is 2.07. The van der Waals surface area contributed by atoms with Crippen LogP contribution in [0, 0.1) is 19.3 Å². The predicted octanol–water partition coefficient (Wildman–Crippen LogP) is 2.95. The molecule has 3 heteroatoms. The average molecular weight is 255 g/mol. The van der Waals surface area contributed by atoms with Crippen molar-refractivity contribution in [3.63, 3.8) is 0 Å². The Morgan fingerprint density at radius 1 is 1.21 bits per heavy atom. The highest BCUT2D eigenvalue weighted by molar-refractivity contribution is 9.10. The number of hydrogen-bond acceptors (Lipinski definition) is 1. The van der Waals surface area contributed by atoms with E-state index in [9.17, 15) is 0 Å². The molecule has 1 aromatic rings. The third kappa shape index (κ3) is 2.15. The van der Waals surface area contributed by atoms with Gasteiger partial charge >= 0.3 is 0 Å². The molecule has 1 N–H and O–H groups in total. The van der Waals surface area contributed by atoms with Gasteiger partial charge in [-0.25, -0.2) is 0 Å². The van der Waals surface area contributed by atoms with Gasteiger partial charge in [-0.2, -0.15) is 0 Å². The molecule has 0 radical (unpaired) electrons. The second-order valence-electron chi connectivity index (χ2n) is 3.67. The summed E-state index contributed by atoms with van der Waals surface area (Å²) >= 11 is 3.52. The van der Waals surface area contributed by atoms with E-state index in [4.69, 9.17) is 5.41 Å². The summed E-state index contributed by atoms with van der Waals surface area (Å²) in [6.07, 6.45) is 0. The molecule has 0 unspecified atom stereocenters. The van der Waals surface area contributed by atoms with Crippen molar-refractivity contribution in [2.75, 3.05) is 14.1 Å². The molecule has 1 rings (SSSR count). The Labute approximate surface area is 93.6 Å². The number of amidine groups is 1. The molecule has 0 spiro atoms. The largest absolute Gasteiger partial charge is 0.363 e. The second kappa shape index (κ2) is 4.13. The maximum absolute atomic E-state index is 7.86. The van der Waals surface area contributed by atoms with E-state index in [1.165, 1.54) is 11.1 Å². The van der Waals surface area contributed by atoms with Crippen LogP contribution in [0.4, 0.5) is 0 Å². The Morgan fingerprint density at radius 3 is 2.00 bits per heavy atom. The summed E-state index contributed by atoms with van der Waals surface area (Å²) in [5.74, 6) is 0.545. The lowest BCUT2D eigenvalue weighted by atomic mass is 10.1. The minimum absolute atomic E-state index is 0.545. The number of nitrogens with one attached hydrogen (secondary N) is 1. The molecular formula is C11H15BrN2. The highest BCUT2D eigenvalue weighted by Crippen LogP contribution is 2.22. The Bertz CT molecular complexity index is 347. The molecule has 2 nitrogen and oxygen atoms in total. The van der Waals surface area contributed by atoms with E-state index >= 15 is 0 Å². The van der Waals surface area contributed by atoms with E-state index in [0.717, 1.165) is 10.0 Å². The van der Waals surface area contributed by atoms with Crippen LogP contribution in [0.3, 0.4) is 0 Å². The molecule has 0 heterocycles. The van der Waals surface area contributed by atoms with Crippen LogP contribution in [0.25, 0.3) is 0 Å². The van der Waals surface area contributed by atoms with Crippen LogP contribution in [0.1, 0.15) is 16.7 Å². The summed E-state index contributed by atoms with van der Waals surface area (Å²) in [7, 11) is 3.77. The van der Waals surface area contributed by atoms with Crippen molar-refractivity contribution in [1.82, 2.24) is 4.90 Å². The summed E-state index contributed by atoms with van der Waals surface area (Å²) in [5, 5.41) is 7.86. The zero-order chi connectivity index (χ0) is 10.9. The lowest BCUT2D eigenvalue weighted by Gasteiger charge is -2.15. The summed E-state index contributed by atoms with van der Waals surface area (Å²) in [6.45, 7) is 4.09. The maximum Gasteiger partial charge on any atom is 0.127 e. The Balaban J connectivity index is 3.19. The topological polar surface area (TPSA) is 27.1 Å². The molecule has 0 fully saturated rings. The summed E-state index contributed by atoms with van der Waals surface area (Å²) in [4.78, 5) is 1.81. The van der Waals surface area contributed by atoms with Gasteiger partial charge < -0.3 is 4.90 Å². The third-order valence-electron chi connectivity index (χ3n) is 2.16. The van der Waals surface area contributed by atoms with Crippen LogP contribution >= 0.6 is 15.9 Å². The smallest absolute Gasteiger partial charge is 0.127 e. The van der Waals surface area contributed by atoms with Crippen LogP contribution in [-0.2, 0) is 0 Å². The zero-order valence-corrected chi connectivity index (χ0v) is 10.6. The highest BCUT2D eigenvalue weighted by atomic mass is 79.9. The minimum Gasteiger partial charge on any atom is -0.363 e. The first-order chi connectivity index (χ1) is 6.43. The van der Waals surface area contributed by atoms with Gasteiger partial charge in [0, 0.05) is 24.1 Å². The standard InChI is InChI=1S/C11H15BrN2/c1-7-5-9(11(13)14(3)4)6-8(2)10(7)12/h5-6,13H,1-4H3. The molecule has 76 valence electrons. The number of nitrogens with zero attached hydrogens (tertiary/aromatic N) is 1. The fourth-order valence-electron chi connectivity index (χ4n) is 1.34. The number of aryl methyl sites for hydroxylation is 2. The molecule has 0 saturated heterocycles. The van der Waals surface area contributed by atoms with Crippen molar-refractivity contribution in [2.24, 2.45) is 0 Å². The molecule has 0 atom stereocenters. The van der Waals surface area contributed by atoms with Gasteiger partial charge in [-0.05, 0) is 37.1 Å². The van der Waals surface area contributed by atoms with Gasteiger partial charge in [-0.15, -0.1) is 0 Å². The Kier molecular flexibility index (Phi) is 3.32. The lowest BCUT2D eigenvalue weighted by Crippen LogP contribution is -2.21. The monoisotopic (exact) mass is 254 g/mol. The third-order valence-corrected chi connectivity index (χ3v) is 3.41. The van der Waals surface area contributed by atoms with Gasteiger partial charge in [-0.1, -0.05) is 15.9 Å². The second-order valence-corrected chi connectivity index (χ2v) is 4.46. The molecule has 0 amide bonds. The van der Waals surface area contributed by atoms with Crippen LogP contribution in [0.15, 0.2) is 16.6 Å². The molecule has 0 aliphatic heterocycles. The maximum atomic E-state index is 7.86. The van der Waals surface area contributed by atoms with Gasteiger partial charge in [-0.3, -0.25) is 5.41 Å². The average Bonchev–Trinajstić information content (AvgIpc) is 2.12. The van der Waals surface area contributed by atoms with E-state index in [1.54, 1.807) is 0 Å². The summed E-state index contributed by atoms with van der Waals surface area (Å²) in [5.41, 5.74) is 3.31. The van der Waals surface area contributed by atoms with E-state index in [2.05, 4.69) is 15.9 Å². The van der Waals surface area contributed by atoms with Crippen molar-refractivity contribution in [3.05, 3.63) is 33.3 Å². The van der Waals surface area contributed by atoms with Crippen LogP contribution in [0.5, 0.6) is 0 Å². The van der Waals surface area contributed by atoms with E-state index in [1.807, 2.05) is 45.0 Å². The normalized spacial score (nSPS) is 10.1. The molecule has 0 aliphatic carbocycles. The Hall–Kier alpha value is -0.830. The predicted molar refractivity (Wildman–Crippen MR) is 64.1 cm³/mol. The Morgan fingerprint density at radius 2 is 1.64 bits per heavy atom. The fourth-order valence-corrected chi connectivity index (χ4v) is 1.57. The van der Waals surface area contributed by atoms with Crippen molar-refractivity contribution in [2.45, 2.75) is 13.8 Å². The van der Waals surface area contributed by atoms with Gasteiger partial charge in [0.05, 0.1) is 0 Å². The first-order valence-electron chi connectivity index (χ1n) is 4.46. The first-order valence-corrected chi connectivity index (χ1v) is 5.25. The van der Waals surface area contributed by atoms with Gasteiger partial charge in [0.1, 0.15) is 5.84 Å². The number of hydrogen-bond donors (Lipinski definition) is 1. The number of halogens is 1. The molecule has 1 aromatic carbocycles. The summed E-state index contributed by atoms with van der Waals surface area (Å²) in [6, 6.07) is 4.05. The molecular weight excluding hydrogens is 240 g/mol. The molecule has 14 heavy (non-hydrogen) atoms. The van der Waals surface area contributed by atoms with E-state index in [0.29, 0.717) is 5.84 Å². The van der Waals surface area contributed by atoms with Crippen molar-refractivity contribution < 1.29 is 0 Å². The van der Waals surface area contributed by atoms with Crippen molar-refractivity contribution in [1.29, 1.82) is 5.41 Å². The first kappa shape index (κ1) is 11.2. The molecule has 0 bridgehead atoms. The van der Waals surface area contributed by atoms with Crippen molar-refractivity contribution in [3.8, 4) is 0 Å². The lowest BCUT2D eigenvalue weighted by molar-refractivity contribution is 0.619. The number of rotatable bonds is 1. The molecule has 0 aromatic heterocycles. The van der Waals surface area contributed by atoms with E-state index < -0.39 is 0 Å². The molecule has 0 aliphatic rings. The molecule has 0 saturated carbocycles. The van der Waals surface area contributed by atoms with Gasteiger partial charge in [0.25, 0.3) is 0 Å². The van der Waals surface area contributed by atoms with Crippen molar-refractivity contribution >= 4 is 21.8 Å². The van der Waals surface area contributed by atoms with E-state index in [-0.39, 0.29) is 0 Å². The van der Waals surface area contributed by atoms with Gasteiger partial charge in [0.15, 0.2) is 0 Å². The summed E-state index contributed by atoms with van der Waals surface area (Å²) < 4.78 is 1.13. The van der Waals surface area contributed by atoms with Gasteiger partial charge in [0.2, 0.25) is 0 Å². The zero-order valence-electron chi connectivity index (χ0n) is 8.98. The van der Waals surface area contributed by atoms with Crippen LogP contribution < -0.4 is 0 Å². The quantitative estimate of drug-likeness (QED) is 0.606. The van der Waals surface area contributed by atoms with Crippen LogP contribution in [0.2, 0.25) is 0 Å². The van der Waals surface area contributed by atoms with Crippen LogP contribution in [-0.4, -0.2) is 24.8 Å². The SMILES string of the molecule is Cc1cc(C(=N)N(C)C)cc(C)c1Br. The number of benzene rings is 1. The minimum atomic E-state index is 0.545. The fraction of sp³-hybridized carbons (Fsp3) is 0.364.